The Balaban J connectivity index is 2.04. The molecule has 2 amide bonds. The van der Waals surface area contributed by atoms with Gasteiger partial charge in [0.05, 0.1) is 37.4 Å². The fraction of sp³-hybridized carbons (Fsp3) is 0.462. The van der Waals surface area contributed by atoms with Crippen LogP contribution in [0.2, 0.25) is 0 Å². The Hall–Kier alpha value is -1.97. The quantitative estimate of drug-likeness (QED) is 0.635. The number of amides is 2. The summed E-state index contributed by atoms with van der Waals surface area (Å²) >= 11 is 1.27. The number of carbonyl (C=O) groups excluding carboxylic acids is 2. The number of fused-ring (bicyclic) bond motifs is 4. The number of rotatable bonds is 5. The van der Waals surface area contributed by atoms with Gasteiger partial charge in [-0.1, -0.05) is 6.08 Å². The Morgan fingerprint density at radius 3 is 3.05 bits per heavy atom. The molecular formula is C13H15N3O5S. The largest absolute Gasteiger partial charge is 0.467 e. The molecule has 1 N–H and O–H groups in total. The molecule has 2 bridgehead atoms. The average molecular weight is 325 g/mol. The van der Waals surface area contributed by atoms with Crippen molar-refractivity contribution in [2.24, 2.45) is 0 Å². The summed E-state index contributed by atoms with van der Waals surface area (Å²) in [6.45, 7) is 3.83. The van der Waals surface area contributed by atoms with Crippen LogP contribution in [-0.2, 0) is 21.0 Å². The molecule has 0 saturated carbocycles. The summed E-state index contributed by atoms with van der Waals surface area (Å²) in [4.78, 5) is 36.4. The topological polar surface area (TPSA) is 92.2 Å². The van der Waals surface area contributed by atoms with Crippen molar-refractivity contribution < 1.29 is 24.3 Å². The van der Waals surface area contributed by atoms with Crippen LogP contribution in [0.1, 0.15) is 27.7 Å². The van der Waals surface area contributed by atoms with E-state index in [1.807, 2.05) is 0 Å². The highest BCUT2D eigenvalue weighted by molar-refractivity contribution is 7.11. The van der Waals surface area contributed by atoms with Gasteiger partial charge in [0, 0.05) is 0 Å². The van der Waals surface area contributed by atoms with Gasteiger partial charge in [-0.25, -0.2) is 14.6 Å². The first-order valence-corrected chi connectivity index (χ1v) is 7.45. The lowest BCUT2D eigenvalue weighted by Crippen LogP contribution is -2.39. The van der Waals surface area contributed by atoms with Gasteiger partial charge in [-0.3, -0.25) is 4.84 Å². The number of nitrogens with zero attached hydrogens (tertiary/aromatic N) is 3. The molecule has 3 rings (SSSR count). The van der Waals surface area contributed by atoms with Gasteiger partial charge in [0.25, 0.3) is 0 Å². The lowest BCUT2D eigenvalue weighted by atomic mass is 10.0. The number of aliphatic hydroxyl groups excluding tert-OH is 1. The number of urea groups is 1. The van der Waals surface area contributed by atoms with Crippen molar-refractivity contribution in [3.8, 4) is 0 Å². The summed E-state index contributed by atoms with van der Waals surface area (Å²) in [6, 6.07) is -1.66. The van der Waals surface area contributed by atoms with Crippen LogP contribution in [0.25, 0.3) is 0 Å². The van der Waals surface area contributed by atoms with Gasteiger partial charge in [0.15, 0.2) is 6.04 Å². The number of methoxy groups -OCH3 is 1. The smallest absolute Gasteiger partial charge is 0.345 e. The normalized spacial score (nSPS) is 22.7. The first-order chi connectivity index (χ1) is 10.6. The molecule has 1 aromatic rings. The third-order valence-corrected chi connectivity index (χ3v) is 4.73. The highest BCUT2D eigenvalue weighted by atomic mass is 32.1. The van der Waals surface area contributed by atoms with E-state index in [0.717, 1.165) is 4.88 Å². The number of aliphatic hydroxyl groups is 1. The second-order valence-electron chi connectivity index (χ2n) is 4.80. The van der Waals surface area contributed by atoms with E-state index in [9.17, 15) is 14.7 Å². The van der Waals surface area contributed by atoms with Crippen LogP contribution >= 0.6 is 11.3 Å². The molecule has 0 spiro atoms. The molecule has 0 aliphatic carbocycles. The summed E-state index contributed by atoms with van der Waals surface area (Å²) in [7, 11) is 1.26. The molecule has 2 aliphatic heterocycles. The molecule has 3 heterocycles. The van der Waals surface area contributed by atoms with Gasteiger partial charge in [-0.15, -0.1) is 17.9 Å². The standard InChI is InChI=1S/C13H15N3O5S/c1-3-4-21-16-7-5-15(13(16)19)10(12(18)20-2)9-11(7)22-8(6-17)14-9/h3,7,10,17H,1,4-6H2,2H3/t7-,10+/m0/s1. The zero-order chi connectivity index (χ0) is 15.9. The van der Waals surface area contributed by atoms with Gasteiger partial charge in [0.2, 0.25) is 0 Å². The number of thiazole rings is 1. The maximum Gasteiger partial charge on any atom is 0.345 e. The van der Waals surface area contributed by atoms with Gasteiger partial charge in [-0.2, -0.15) is 5.06 Å². The minimum Gasteiger partial charge on any atom is -0.467 e. The summed E-state index contributed by atoms with van der Waals surface area (Å²) < 4.78 is 4.80. The van der Waals surface area contributed by atoms with E-state index >= 15 is 0 Å². The van der Waals surface area contributed by atoms with E-state index in [2.05, 4.69) is 11.6 Å². The minimum absolute atomic E-state index is 0.181. The number of ether oxygens (including phenoxy) is 1. The van der Waals surface area contributed by atoms with Crippen LogP contribution in [0, 0.1) is 0 Å². The van der Waals surface area contributed by atoms with Crippen molar-refractivity contribution in [1.82, 2.24) is 14.9 Å². The molecule has 1 aromatic heterocycles. The molecule has 0 unspecified atom stereocenters. The fourth-order valence-corrected chi connectivity index (χ4v) is 3.70. The van der Waals surface area contributed by atoms with Crippen molar-refractivity contribution in [3.05, 3.63) is 28.2 Å². The zero-order valence-corrected chi connectivity index (χ0v) is 12.7. The first kappa shape index (κ1) is 14.9. The third kappa shape index (κ3) is 2.09. The third-order valence-electron chi connectivity index (χ3n) is 3.58. The van der Waals surface area contributed by atoms with Crippen molar-refractivity contribution in [2.45, 2.75) is 18.7 Å². The molecule has 1 saturated heterocycles. The Labute approximate surface area is 130 Å². The molecule has 0 aromatic carbocycles. The first-order valence-electron chi connectivity index (χ1n) is 6.64. The Morgan fingerprint density at radius 2 is 2.41 bits per heavy atom. The number of esters is 1. The molecule has 8 nitrogen and oxygen atoms in total. The molecule has 22 heavy (non-hydrogen) atoms. The van der Waals surface area contributed by atoms with Crippen LogP contribution in [0.15, 0.2) is 12.7 Å². The number of carbonyl (C=O) groups is 2. The van der Waals surface area contributed by atoms with E-state index in [4.69, 9.17) is 9.57 Å². The molecule has 118 valence electrons. The van der Waals surface area contributed by atoms with E-state index in [-0.39, 0.29) is 19.3 Å². The summed E-state index contributed by atoms with van der Waals surface area (Å²) in [6.07, 6.45) is 1.54. The summed E-state index contributed by atoms with van der Waals surface area (Å²) in [5.74, 6) is -0.562. The SMILES string of the molecule is C=CCON1C(=O)N2C[C@H]1c1sc(CO)nc1[C@@H]2C(=O)OC. The fourth-order valence-electron chi connectivity index (χ4n) is 2.67. The average Bonchev–Trinajstić information content (AvgIpc) is 3.07. The zero-order valence-electron chi connectivity index (χ0n) is 11.9. The maximum absolute atomic E-state index is 12.5. The van der Waals surface area contributed by atoms with Crippen LogP contribution in [0.4, 0.5) is 4.79 Å². The number of hydrogen-bond acceptors (Lipinski definition) is 7. The van der Waals surface area contributed by atoms with Gasteiger partial charge in [0.1, 0.15) is 11.0 Å². The predicted octanol–water partition coefficient (Wildman–Crippen LogP) is 0.759. The van der Waals surface area contributed by atoms with E-state index in [0.29, 0.717) is 17.2 Å². The monoisotopic (exact) mass is 325 g/mol. The Bertz CT molecular complexity index is 631. The van der Waals surface area contributed by atoms with E-state index in [1.165, 1.54) is 34.5 Å². The lowest BCUT2D eigenvalue weighted by molar-refractivity contribution is -0.146. The van der Waals surface area contributed by atoms with Crippen LogP contribution < -0.4 is 0 Å². The lowest BCUT2D eigenvalue weighted by Gasteiger charge is -2.27. The molecule has 1 fully saturated rings. The van der Waals surface area contributed by atoms with Crippen molar-refractivity contribution in [3.63, 3.8) is 0 Å². The molecule has 0 radical (unpaired) electrons. The van der Waals surface area contributed by atoms with Crippen LogP contribution in [0.5, 0.6) is 0 Å². The maximum atomic E-state index is 12.5. The predicted molar refractivity (Wildman–Crippen MR) is 75.6 cm³/mol. The van der Waals surface area contributed by atoms with Crippen molar-refractivity contribution >= 4 is 23.3 Å². The number of aromatic nitrogens is 1. The van der Waals surface area contributed by atoms with Gasteiger partial charge in [-0.05, 0) is 0 Å². The van der Waals surface area contributed by atoms with Crippen LogP contribution in [-0.4, -0.2) is 52.3 Å². The highest BCUT2D eigenvalue weighted by Gasteiger charge is 2.53. The minimum atomic E-state index is -0.905. The highest BCUT2D eigenvalue weighted by Crippen LogP contribution is 2.46. The van der Waals surface area contributed by atoms with E-state index < -0.39 is 18.0 Å². The van der Waals surface area contributed by atoms with Gasteiger partial charge >= 0.3 is 12.0 Å². The van der Waals surface area contributed by atoms with E-state index in [1.54, 1.807) is 0 Å². The summed E-state index contributed by atoms with van der Waals surface area (Å²) in [5.41, 5.74) is 0.454. The number of hydrogen-bond donors (Lipinski definition) is 1. The van der Waals surface area contributed by atoms with Crippen molar-refractivity contribution in [2.75, 3.05) is 20.3 Å². The summed E-state index contributed by atoms with van der Waals surface area (Å²) in [5, 5.41) is 11.0. The Kier molecular flexibility index (Phi) is 3.85. The molecule has 2 atom stereocenters. The van der Waals surface area contributed by atoms with Crippen molar-refractivity contribution in [1.29, 1.82) is 0 Å². The second kappa shape index (κ2) is 5.67. The molecule has 2 aliphatic rings. The Morgan fingerprint density at radius 1 is 1.64 bits per heavy atom. The van der Waals surface area contributed by atoms with Gasteiger partial charge < -0.3 is 14.7 Å². The molecular weight excluding hydrogens is 310 g/mol. The number of hydroxylamine groups is 2. The second-order valence-corrected chi connectivity index (χ2v) is 5.92. The van der Waals surface area contributed by atoms with Crippen LogP contribution in [0.3, 0.4) is 0 Å². The molecule has 9 heteroatoms.